The Balaban J connectivity index is 1.75. The molecule has 2 aromatic carbocycles. The highest BCUT2D eigenvalue weighted by Crippen LogP contribution is 2.27. The van der Waals surface area contributed by atoms with E-state index >= 15 is 0 Å². The summed E-state index contributed by atoms with van der Waals surface area (Å²) in [5.74, 6) is 3.72. The summed E-state index contributed by atoms with van der Waals surface area (Å²) in [6.07, 6.45) is 6.15. The van der Waals surface area contributed by atoms with Gasteiger partial charge in [-0.15, -0.1) is 0 Å². The fourth-order valence-electron chi connectivity index (χ4n) is 2.73. The highest BCUT2D eigenvalue weighted by molar-refractivity contribution is 8.03. The van der Waals surface area contributed by atoms with Crippen LogP contribution in [0.15, 0.2) is 53.5 Å². The first-order valence-electron chi connectivity index (χ1n) is 8.19. The summed E-state index contributed by atoms with van der Waals surface area (Å²) in [7, 11) is 0. The molecule has 0 N–H and O–H groups in total. The molecule has 0 spiro atoms. The highest BCUT2D eigenvalue weighted by atomic mass is 32.2. The SMILES string of the molecule is Cc1ccc(C2=CCC(C#Cc3cc(F)c(SC#N)c(F)c3)C=C2)c(F)c1. The quantitative estimate of drug-likeness (QED) is 0.362. The van der Waals surface area contributed by atoms with Crippen LogP contribution < -0.4 is 0 Å². The van der Waals surface area contributed by atoms with Crippen molar-refractivity contribution in [3.63, 3.8) is 0 Å². The van der Waals surface area contributed by atoms with E-state index in [0.29, 0.717) is 23.7 Å². The topological polar surface area (TPSA) is 23.8 Å². The number of nitriles is 1. The molecule has 5 heteroatoms. The van der Waals surface area contributed by atoms with Crippen LogP contribution in [-0.4, -0.2) is 0 Å². The lowest BCUT2D eigenvalue weighted by molar-refractivity contribution is 0.540. The van der Waals surface area contributed by atoms with Gasteiger partial charge in [-0.3, -0.25) is 0 Å². The molecule has 1 aliphatic rings. The molecule has 0 radical (unpaired) electrons. The van der Waals surface area contributed by atoms with E-state index < -0.39 is 11.6 Å². The summed E-state index contributed by atoms with van der Waals surface area (Å²) in [5, 5.41) is 10.2. The zero-order valence-electron chi connectivity index (χ0n) is 14.4. The van der Waals surface area contributed by atoms with Crippen molar-refractivity contribution in [2.75, 3.05) is 0 Å². The number of hydrogen-bond acceptors (Lipinski definition) is 2. The summed E-state index contributed by atoms with van der Waals surface area (Å²) in [4.78, 5) is -0.326. The van der Waals surface area contributed by atoms with Crippen LogP contribution in [0.25, 0.3) is 5.57 Å². The lowest BCUT2D eigenvalue weighted by Gasteiger charge is -2.12. The van der Waals surface area contributed by atoms with Crippen molar-refractivity contribution in [3.8, 4) is 17.2 Å². The Morgan fingerprint density at radius 2 is 1.81 bits per heavy atom. The van der Waals surface area contributed by atoms with Gasteiger partial charge in [0.1, 0.15) is 22.9 Å². The molecule has 0 aromatic heterocycles. The van der Waals surface area contributed by atoms with Gasteiger partial charge in [0.2, 0.25) is 0 Å². The van der Waals surface area contributed by atoms with E-state index in [1.165, 1.54) is 6.07 Å². The predicted octanol–water partition coefficient (Wildman–Crippen LogP) is 6.00. The van der Waals surface area contributed by atoms with Crippen LogP contribution in [0, 0.1) is 52.8 Å². The van der Waals surface area contributed by atoms with Crippen LogP contribution in [0.2, 0.25) is 0 Å². The summed E-state index contributed by atoms with van der Waals surface area (Å²) in [6.45, 7) is 1.83. The Labute approximate surface area is 160 Å². The van der Waals surface area contributed by atoms with Crippen molar-refractivity contribution in [2.24, 2.45) is 5.92 Å². The van der Waals surface area contributed by atoms with Crippen molar-refractivity contribution in [1.29, 1.82) is 5.26 Å². The molecule has 2 aromatic rings. The molecule has 1 aliphatic carbocycles. The second kappa shape index (κ2) is 8.20. The van der Waals surface area contributed by atoms with Gasteiger partial charge in [-0.25, -0.2) is 13.2 Å². The number of rotatable bonds is 2. The monoisotopic (exact) mass is 381 g/mol. The predicted molar refractivity (Wildman–Crippen MR) is 101 cm³/mol. The summed E-state index contributed by atoms with van der Waals surface area (Å²) in [5.41, 5.74) is 2.40. The minimum Gasteiger partial charge on any atom is -0.206 e. The number of nitrogens with zero attached hydrogens (tertiary/aromatic N) is 1. The molecule has 1 nitrogen and oxygen atoms in total. The molecule has 3 rings (SSSR count). The minimum absolute atomic E-state index is 0.124. The highest BCUT2D eigenvalue weighted by Gasteiger charge is 2.13. The van der Waals surface area contributed by atoms with Crippen molar-refractivity contribution in [2.45, 2.75) is 18.2 Å². The minimum atomic E-state index is -0.804. The Morgan fingerprint density at radius 1 is 1.07 bits per heavy atom. The standard InChI is InChI=1S/C22H14F3NS/c1-14-2-9-18(19(23)10-14)17-7-5-15(6-8-17)3-4-16-11-20(24)22(27-13-26)21(25)12-16/h2,5,7-12,15H,6H2,1H3. The number of halogens is 3. The van der Waals surface area contributed by atoms with Crippen LogP contribution in [0.3, 0.4) is 0 Å². The Bertz CT molecular complexity index is 1030. The molecule has 0 bridgehead atoms. The fourth-order valence-corrected chi connectivity index (χ4v) is 3.14. The maximum Gasteiger partial charge on any atom is 0.142 e. The third-order valence-corrected chi connectivity index (χ3v) is 4.77. The van der Waals surface area contributed by atoms with Crippen molar-refractivity contribution < 1.29 is 13.2 Å². The van der Waals surface area contributed by atoms with Gasteiger partial charge in [0.15, 0.2) is 0 Å². The molecule has 27 heavy (non-hydrogen) atoms. The fraction of sp³-hybridized carbons (Fsp3) is 0.136. The maximum absolute atomic E-state index is 14.1. The van der Waals surface area contributed by atoms with Gasteiger partial charge in [0.05, 0.1) is 4.90 Å². The van der Waals surface area contributed by atoms with Gasteiger partial charge in [-0.05, 0) is 54.4 Å². The van der Waals surface area contributed by atoms with E-state index in [2.05, 4.69) is 11.8 Å². The third-order valence-electron chi connectivity index (χ3n) is 4.08. The summed E-state index contributed by atoms with van der Waals surface area (Å²) in [6, 6.07) is 7.33. The van der Waals surface area contributed by atoms with E-state index in [9.17, 15) is 13.2 Å². The van der Waals surface area contributed by atoms with Gasteiger partial charge < -0.3 is 0 Å². The normalized spacial score (nSPS) is 15.5. The average Bonchev–Trinajstić information content (AvgIpc) is 2.64. The number of allylic oxidation sites excluding steroid dienone is 4. The molecule has 0 heterocycles. The van der Waals surface area contributed by atoms with Gasteiger partial charge in [-0.2, -0.15) is 5.26 Å². The van der Waals surface area contributed by atoms with E-state index in [-0.39, 0.29) is 22.2 Å². The second-order valence-electron chi connectivity index (χ2n) is 6.08. The van der Waals surface area contributed by atoms with Crippen molar-refractivity contribution >= 4 is 17.3 Å². The van der Waals surface area contributed by atoms with E-state index in [1.807, 2.05) is 31.2 Å². The lowest BCUT2D eigenvalue weighted by atomic mass is 9.92. The Kier molecular flexibility index (Phi) is 5.74. The van der Waals surface area contributed by atoms with Gasteiger partial charge in [-0.1, -0.05) is 42.2 Å². The van der Waals surface area contributed by atoms with E-state index in [1.54, 1.807) is 11.5 Å². The molecule has 0 saturated heterocycles. The van der Waals surface area contributed by atoms with Crippen LogP contribution >= 0.6 is 11.8 Å². The number of thiocyanates is 1. The first-order valence-corrected chi connectivity index (χ1v) is 9.01. The smallest absolute Gasteiger partial charge is 0.142 e. The van der Waals surface area contributed by atoms with Gasteiger partial charge >= 0.3 is 0 Å². The molecule has 0 fully saturated rings. The first-order chi connectivity index (χ1) is 13.0. The molecular formula is C22H14F3NS. The second-order valence-corrected chi connectivity index (χ2v) is 6.87. The van der Waals surface area contributed by atoms with Crippen LogP contribution in [0.4, 0.5) is 13.2 Å². The molecule has 0 aliphatic heterocycles. The van der Waals surface area contributed by atoms with Crippen LogP contribution in [0.5, 0.6) is 0 Å². The molecule has 1 unspecified atom stereocenters. The average molecular weight is 381 g/mol. The largest absolute Gasteiger partial charge is 0.206 e. The number of aryl methyl sites for hydroxylation is 1. The zero-order valence-corrected chi connectivity index (χ0v) is 15.2. The third kappa shape index (κ3) is 4.45. The lowest BCUT2D eigenvalue weighted by Crippen LogP contribution is -1.99. The van der Waals surface area contributed by atoms with Crippen molar-refractivity contribution in [3.05, 3.63) is 82.7 Å². The van der Waals surface area contributed by atoms with Crippen molar-refractivity contribution in [1.82, 2.24) is 0 Å². The van der Waals surface area contributed by atoms with Crippen LogP contribution in [-0.2, 0) is 0 Å². The molecule has 0 saturated carbocycles. The number of benzene rings is 2. The van der Waals surface area contributed by atoms with Crippen LogP contribution in [0.1, 0.15) is 23.1 Å². The van der Waals surface area contributed by atoms with E-state index in [0.717, 1.165) is 23.3 Å². The van der Waals surface area contributed by atoms with E-state index in [4.69, 9.17) is 5.26 Å². The molecule has 0 amide bonds. The number of hydrogen-bond donors (Lipinski definition) is 0. The Morgan fingerprint density at radius 3 is 2.41 bits per heavy atom. The Hall–Kier alpha value is -2.89. The summed E-state index contributed by atoms with van der Waals surface area (Å²) < 4.78 is 41.7. The van der Waals surface area contributed by atoms with Gasteiger partial charge in [0, 0.05) is 17.0 Å². The zero-order chi connectivity index (χ0) is 19.4. The molecule has 1 atom stereocenters. The number of thioether (sulfide) groups is 1. The van der Waals surface area contributed by atoms with Gasteiger partial charge in [0.25, 0.3) is 0 Å². The molecular weight excluding hydrogens is 367 g/mol. The summed E-state index contributed by atoms with van der Waals surface area (Å²) >= 11 is 0.441. The first kappa shape index (κ1) is 18.9. The maximum atomic E-state index is 14.1. The molecule has 134 valence electrons.